The van der Waals surface area contributed by atoms with E-state index in [-0.39, 0.29) is 11.9 Å². The van der Waals surface area contributed by atoms with Crippen molar-refractivity contribution in [2.24, 2.45) is 11.6 Å². The minimum atomic E-state index is -0.365. The van der Waals surface area contributed by atoms with Crippen LogP contribution in [0.5, 0.6) is 5.75 Å². The number of rotatable bonds is 4. The molecule has 0 saturated carbocycles. The molecule has 8 heteroatoms. The molecule has 1 aliphatic heterocycles. The van der Waals surface area contributed by atoms with Gasteiger partial charge in [-0.1, -0.05) is 0 Å². The third-order valence-electron chi connectivity index (χ3n) is 2.98. The summed E-state index contributed by atoms with van der Waals surface area (Å²) in [7, 11) is 1.50. The third-order valence-corrected chi connectivity index (χ3v) is 2.98. The lowest BCUT2D eigenvalue weighted by Gasteiger charge is -2.25. The zero-order valence-corrected chi connectivity index (χ0v) is 10.1. The summed E-state index contributed by atoms with van der Waals surface area (Å²) < 4.78 is 5.25. The van der Waals surface area contributed by atoms with Crippen LogP contribution in [-0.4, -0.2) is 35.6 Å². The van der Waals surface area contributed by atoms with Gasteiger partial charge in [-0.25, -0.2) is 15.8 Å². The molecule has 1 unspecified atom stereocenters. The number of carbonyl (C=O) groups excluding carboxylic acids is 1. The number of nitrogen functional groups attached to an aromatic ring is 1. The molecule has 1 amide bonds. The van der Waals surface area contributed by atoms with Gasteiger partial charge in [-0.2, -0.15) is 0 Å². The number of hydrogen-bond donors (Lipinski definition) is 3. The number of nitrogens with two attached hydrogens (primary N) is 2. The highest BCUT2D eigenvalue weighted by atomic mass is 16.5. The van der Waals surface area contributed by atoms with E-state index in [1.54, 1.807) is 0 Å². The first-order valence-electron chi connectivity index (χ1n) is 5.60. The van der Waals surface area contributed by atoms with Gasteiger partial charge in [-0.05, 0) is 12.8 Å². The van der Waals surface area contributed by atoms with Crippen LogP contribution >= 0.6 is 0 Å². The van der Waals surface area contributed by atoms with Gasteiger partial charge in [0.25, 0.3) is 0 Å². The van der Waals surface area contributed by atoms with Crippen LogP contribution in [0.2, 0.25) is 0 Å². The molecule has 98 valence electrons. The fourth-order valence-electron chi connectivity index (χ4n) is 2.18. The molecule has 18 heavy (non-hydrogen) atoms. The molecule has 0 aromatic carbocycles. The van der Waals surface area contributed by atoms with E-state index in [4.69, 9.17) is 16.3 Å². The number of aromatic nitrogens is 2. The largest absolute Gasteiger partial charge is 0.490 e. The zero-order chi connectivity index (χ0) is 13.1. The molecule has 0 aliphatic carbocycles. The lowest BCUT2D eigenvalue weighted by molar-refractivity contribution is -0.119. The van der Waals surface area contributed by atoms with Crippen LogP contribution in [0.4, 0.5) is 11.6 Å². The molecule has 1 fully saturated rings. The number of nitrogens with one attached hydrogen (secondary N) is 1. The maximum absolute atomic E-state index is 11.4. The Hall–Kier alpha value is -2.09. The van der Waals surface area contributed by atoms with E-state index < -0.39 is 0 Å². The maximum Gasteiger partial charge on any atom is 0.240 e. The number of hydrazine groups is 1. The third kappa shape index (κ3) is 2.02. The predicted octanol–water partition coefficient (Wildman–Crippen LogP) is -0.775. The fraction of sp³-hybridized carbons (Fsp3) is 0.500. The lowest BCUT2D eigenvalue weighted by Crippen LogP contribution is -2.41. The number of carbonyl (C=O) groups is 1. The fourth-order valence-corrected chi connectivity index (χ4v) is 2.18. The number of nitrogens with zero attached hydrogens (tertiary/aromatic N) is 3. The van der Waals surface area contributed by atoms with Gasteiger partial charge in [-0.3, -0.25) is 4.79 Å². The summed E-state index contributed by atoms with van der Waals surface area (Å²) in [4.78, 5) is 21.3. The number of amides is 1. The standard InChI is InChI=1S/C10H16N6O2/c1-18-7-9(15-12)13-5-14-10(7)16-4-2-3-6(16)8(11)17/h5-6H,2-4,12H2,1H3,(H2,11,17)(H,13,14,15). The molecule has 0 radical (unpaired) electrons. The molecule has 2 heterocycles. The maximum atomic E-state index is 11.4. The van der Waals surface area contributed by atoms with Crippen molar-refractivity contribution in [3.63, 3.8) is 0 Å². The van der Waals surface area contributed by atoms with E-state index >= 15 is 0 Å². The molecule has 1 saturated heterocycles. The van der Waals surface area contributed by atoms with Crippen molar-refractivity contribution < 1.29 is 9.53 Å². The highest BCUT2D eigenvalue weighted by Crippen LogP contribution is 2.35. The van der Waals surface area contributed by atoms with Gasteiger partial charge in [-0.15, -0.1) is 0 Å². The van der Waals surface area contributed by atoms with Gasteiger partial charge >= 0.3 is 0 Å². The van der Waals surface area contributed by atoms with Crippen LogP contribution in [0.1, 0.15) is 12.8 Å². The van der Waals surface area contributed by atoms with Crippen molar-refractivity contribution in [3.8, 4) is 5.75 Å². The predicted molar refractivity (Wildman–Crippen MR) is 66.0 cm³/mol. The summed E-state index contributed by atoms with van der Waals surface area (Å²) in [5.74, 6) is 6.30. The summed E-state index contributed by atoms with van der Waals surface area (Å²) in [6.07, 6.45) is 2.96. The van der Waals surface area contributed by atoms with Crippen LogP contribution in [0.3, 0.4) is 0 Å². The Kier molecular flexibility index (Phi) is 3.47. The monoisotopic (exact) mass is 252 g/mol. The molecule has 2 rings (SSSR count). The van der Waals surface area contributed by atoms with Crippen molar-refractivity contribution in [2.45, 2.75) is 18.9 Å². The Morgan fingerprint density at radius 3 is 3.00 bits per heavy atom. The summed E-state index contributed by atoms with van der Waals surface area (Å²) in [6.45, 7) is 0.699. The number of anilines is 2. The highest BCUT2D eigenvalue weighted by molar-refractivity contribution is 5.85. The van der Waals surface area contributed by atoms with Crippen LogP contribution < -0.4 is 26.6 Å². The van der Waals surface area contributed by atoms with Gasteiger partial charge in [0.1, 0.15) is 12.4 Å². The summed E-state index contributed by atoms with van der Waals surface area (Å²) >= 11 is 0. The SMILES string of the molecule is COc1c(NN)ncnc1N1CCCC1C(N)=O. The van der Waals surface area contributed by atoms with Gasteiger partial charge in [0.05, 0.1) is 7.11 Å². The smallest absolute Gasteiger partial charge is 0.240 e. The second-order valence-electron chi connectivity index (χ2n) is 3.98. The Balaban J connectivity index is 2.41. The van der Waals surface area contributed by atoms with Crippen LogP contribution in [0.25, 0.3) is 0 Å². The van der Waals surface area contributed by atoms with Crippen LogP contribution in [-0.2, 0) is 4.79 Å². The van der Waals surface area contributed by atoms with Crippen molar-refractivity contribution in [3.05, 3.63) is 6.33 Å². The first-order chi connectivity index (χ1) is 8.69. The summed E-state index contributed by atoms with van der Waals surface area (Å²) in [6, 6.07) is -0.362. The molecule has 8 nitrogen and oxygen atoms in total. The molecule has 1 aromatic heterocycles. The van der Waals surface area contributed by atoms with E-state index in [1.807, 2.05) is 4.90 Å². The Morgan fingerprint density at radius 2 is 2.39 bits per heavy atom. The first-order valence-corrected chi connectivity index (χ1v) is 5.60. The Bertz CT molecular complexity index is 452. The minimum Gasteiger partial charge on any atom is -0.490 e. The number of ether oxygens (including phenoxy) is 1. The van der Waals surface area contributed by atoms with Gasteiger partial charge in [0, 0.05) is 6.54 Å². The number of methoxy groups -OCH3 is 1. The average molecular weight is 252 g/mol. The summed E-state index contributed by atoms with van der Waals surface area (Å²) in [5.41, 5.74) is 7.82. The van der Waals surface area contributed by atoms with E-state index in [9.17, 15) is 4.79 Å². The quantitative estimate of drug-likeness (QED) is 0.475. The van der Waals surface area contributed by atoms with Crippen molar-refractivity contribution >= 4 is 17.5 Å². The average Bonchev–Trinajstić information content (AvgIpc) is 2.86. The highest BCUT2D eigenvalue weighted by Gasteiger charge is 2.32. The van der Waals surface area contributed by atoms with Gasteiger partial charge < -0.3 is 20.8 Å². The summed E-state index contributed by atoms with van der Waals surface area (Å²) in [5, 5.41) is 0. The zero-order valence-electron chi connectivity index (χ0n) is 10.1. The molecule has 5 N–H and O–H groups in total. The Morgan fingerprint density at radius 1 is 1.61 bits per heavy atom. The number of primary amides is 1. The van der Waals surface area contributed by atoms with Crippen molar-refractivity contribution in [1.29, 1.82) is 0 Å². The van der Waals surface area contributed by atoms with Crippen molar-refractivity contribution in [2.75, 3.05) is 24.0 Å². The van der Waals surface area contributed by atoms with Gasteiger partial charge in [0.2, 0.25) is 11.7 Å². The molecule has 1 aliphatic rings. The molecular formula is C10H16N6O2. The second-order valence-corrected chi connectivity index (χ2v) is 3.98. The minimum absolute atomic E-state index is 0.362. The van der Waals surface area contributed by atoms with Gasteiger partial charge in [0.15, 0.2) is 11.6 Å². The number of hydrogen-bond acceptors (Lipinski definition) is 7. The molecule has 1 atom stereocenters. The van der Waals surface area contributed by atoms with Crippen LogP contribution in [0.15, 0.2) is 6.33 Å². The van der Waals surface area contributed by atoms with Crippen molar-refractivity contribution in [1.82, 2.24) is 9.97 Å². The van der Waals surface area contributed by atoms with Crippen LogP contribution in [0, 0.1) is 0 Å². The molecular weight excluding hydrogens is 236 g/mol. The topological polar surface area (TPSA) is 119 Å². The van der Waals surface area contributed by atoms with E-state index in [2.05, 4.69) is 15.4 Å². The lowest BCUT2D eigenvalue weighted by atomic mass is 10.2. The Labute approximate surface area is 104 Å². The van der Waals surface area contributed by atoms with E-state index in [0.29, 0.717) is 30.4 Å². The molecule has 0 bridgehead atoms. The normalized spacial score (nSPS) is 18.8. The first kappa shape index (κ1) is 12.4. The second kappa shape index (κ2) is 5.05. The molecule has 1 aromatic rings. The van der Waals surface area contributed by atoms with E-state index in [0.717, 1.165) is 6.42 Å². The molecule has 0 spiro atoms. The van der Waals surface area contributed by atoms with E-state index in [1.165, 1.54) is 13.4 Å².